The largest absolute Gasteiger partial charge is 0.409 e. The highest BCUT2D eigenvalue weighted by Crippen LogP contribution is 2.31. The predicted molar refractivity (Wildman–Crippen MR) is 72.6 cm³/mol. The highest BCUT2D eigenvalue weighted by atomic mass is 35.5. The fraction of sp³-hybridized carbons (Fsp3) is 0.0909. The van der Waals surface area contributed by atoms with Gasteiger partial charge in [0.1, 0.15) is 5.03 Å². The van der Waals surface area contributed by atoms with Crippen molar-refractivity contribution in [3.05, 3.63) is 40.8 Å². The molecule has 0 saturated heterocycles. The molecule has 3 N–H and O–H groups in total. The topological polar surface area (TPSA) is 97.3 Å². The van der Waals surface area contributed by atoms with Gasteiger partial charge in [0.05, 0.1) is 5.02 Å². The van der Waals surface area contributed by atoms with Crippen LogP contribution >= 0.6 is 23.4 Å². The number of oxime groups is 1. The van der Waals surface area contributed by atoms with Gasteiger partial charge in [0.2, 0.25) is 0 Å². The highest BCUT2D eigenvalue weighted by molar-refractivity contribution is 7.99. The van der Waals surface area contributed by atoms with Gasteiger partial charge in [-0.1, -0.05) is 16.8 Å². The summed E-state index contributed by atoms with van der Waals surface area (Å²) in [5.74, 6) is -0.0703. The standard InChI is InChI=1S/C11H10ClN5OS/c1-6-4-15-11(16-5-6)19-10-8(12)7(2-3-14-10)9(13)17-18/h2-5,18H,1H3,(H2,13,17). The average Bonchev–Trinajstić information content (AvgIpc) is 2.43. The van der Waals surface area contributed by atoms with Crippen LogP contribution < -0.4 is 5.73 Å². The monoisotopic (exact) mass is 295 g/mol. The van der Waals surface area contributed by atoms with Gasteiger partial charge in [-0.15, -0.1) is 0 Å². The quantitative estimate of drug-likeness (QED) is 0.296. The van der Waals surface area contributed by atoms with Crippen molar-refractivity contribution in [3.8, 4) is 0 Å². The molecule has 2 heterocycles. The number of pyridine rings is 1. The molecule has 0 aliphatic carbocycles. The van der Waals surface area contributed by atoms with E-state index in [0.29, 0.717) is 20.8 Å². The van der Waals surface area contributed by atoms with Crippen molar-refractivity contribution in [2.45, 2.75) is 17.1 Å². The van der Waals surface area contributed by atoms with Gasteiger partial charge in [-0.2, -0.15) is 0 Å². The molecule has 98 valence electrons. The molecule has 2 rings (SSSR count). The molecule has 0 radical (unpaired) electrons. The van der Waals surface area contributed by atoms with Gasteiger partial charge in [-0.25, -0.2) is 15.0 Å². The van der Waals surface area contributed by atoms with E-state index in [4.69, 9.17) is 22.5 Å². The van der Waals surface area contributed by atoms with Crippen LogP contribution in [0.2, 0.25) is 5.02 Å². The lowest BCUT2D eigenvalue weighted by atomic mass is 10.2. The molecule has 0 aliphatic rings. The number of nitrogens with two attached hydrogens (primary N) is 1. The Balaban J connectivity index is 2.33. The third-order valence-corrected chi connectivity index (χ3v) is 3.58. The summed E-state index contributed by atoms with van der Waals surface area (Å²) in [4.78, 5) is 12.4. The molecular formula is C11H10ClN5OS. The molecule has 0 aromatic carbocycles. The van der Waals surface area contributed by atoms with Crippen molar-refractivity contribution in [3.63, 3.8) is 0 Å². The van der Waals surface area contributed by atoms with Crippen LogP contribution in [0.5, 0.6) is 0 Å². The van der Waals surface area contributed by atoms with Gasteiger partial charge in [0.15, 0.2) is 11.0 Å². The molecule has 0 unspecified atom stereocenters. The predicted octanol–water partition coefficient (Wildman–Crippen LogP) is 2.08. The molecule has 6 nitrogen and oxygen atoms in total. The normalized spacial score (nSPS) is 11.6. The maximum atomic E-state index is 8.68. The number of rotatable bonds is 3. The highest BCUT2D eigenvalue weighted by Gasteiger charge is 2.13. The van der Waals surface area contributed by atoms with Gasteiger partial charge in [-0.05, 0) is 30.3 Å². The van der Waals surface area contributed by atoms with Crippen molar-refractivity contribution in [1.29, 1.82) is 0 Å². The van der Waals surface area contributed by atoms with E-state index < -0.39 is 0 Å². The maximum absolute atomic E-state index is 8.68. The molecule has 0 amide bonds. The van der Waals surface area contributed by atoms with Crippen molar-refractivity contribution in [2.24, 2.45) is 10.9 Å². The lowest BCUT2D eigenvalue weighted by Gasteiger charge is -2.06. The Morgan fingerprint density at radius 3 is 2.68 bits per heavy atom. The second kappa shape index (κ2) is 5.85. The lowest BCUT2D eigenvalue weighted by Crippen LogP contribution is -2.14. The number of halogens is 1. The van der Waals surface area contributed by atoms with Crippen molar-refractivity contribution in [2.75, 3.05) is 0 Å². The molecule has 2 aromatic rings. The first-order valence-electron chi connectivity index (χ1n) is 5.20. The minimum absolute atomic E-state index is 0.0703. The number of hydrogen-bond acceptors (Lipinski definition) is 6. The van der Waals surface area contributed by atoms with Gasteiger partial charge in [0.25, 0.3) is 0 Å². The second-order valence-electron chi connectivity index (χ2n) is 3.61. The molecule has 0 atom stereocenters. The summed E-state index contributed by atoms with van der Waals surface area (Å²) in [6.07, 6.45) is 4.93. The molecule has 2 aromatic heterocycles. The number of aromatic nitrogens is 3. The molecule has 0 fully saturated rings. The van der Waals surface area contributed by atoms with Crippen LogP contribution in [-0.2, 0) is 0 Å². The number of aryl methyl sites for hydroxylation is 1. The van der Waals surface area contributed by atoms with Crippen LogP contribution in [0, 0.1) is 6.92 Å². The minimum atomic E-state index is -0.0703. The van der Waals surface area contributed by atoms with E-state index in [1.165, 1.54) is 18.0 Å². The Morgan fingerprint density at radius 2 is 2.05 bits per heavy atom. The van der Waals surface area contributed by atoms with E-state index >= 15 is 0 Å². The first kappa shape index (κ1) is 13.6. The average molecular weight is 296 g/mol. The zero-order valence-electron chi connectivity index (χ0n) is 9.91. The summed E-state index contributed by atoms with van der Waals surface area (Å²) in [6, 6.07) is 1.57. The van der Waals surface area contributed by atoms with E-state index in [1.54, 1.807) is 18.5 Å². The summed E-state index contributed by atoms with van der Waals surface area (Å²) in [7, 11) is 0. The summed E-state index contributed by atoms with van der Waals surface area (Å²) < 4.78 is 0. The Bertz CT molecular complexity index is 617. The second-order valence-corrected chi connectivity index (χ2v) is 4.94. The third-order valence-electron chi connectivity index (χ3n) is 2.19. The molecule has 0 aliphatic heterocycles. The molecule has 19 heavy (non-hydrogen) atoms. The van der Waals surface area contributed by atoms with E-state index in [2.05, 4.69) is 20.1 Å². The van der Waals surface area contributed by atoms with Gasteiger partial charge >= 0.3 is 0 Å². The molecule has 0 bridgehead atoms. The number of hydrogen-bond donors (Lipinski definition) is 2. The fourth-order valence-electron chi connectivity index (χ4n) is 1.27. The van der Waals surface area contributed by atoms with Crippen LogP contribution in [0.4, 0.5) is 0 Å². The van der Waals surface area contributed by atoms with Crippen molar-refractivity contribution >= 4 is 29.2 Å². The van der Waals surface area contributed by atoms with E-state index in [-0.39, 0.29) is 5.84 Å². The van der Waals surface area contributed by atoms with Crippen LogP contribution in [0.15, 0.2) is 40.0 Å². The molecule has 8 heteroatoms. The van der Waals surface area contributed by atoms with Gasteiger partial charge < -0.3 is 10.9 Å². The third kappa shape index (κ3) is 3.12. The van der Waals surface area contributed by atoms with E-state index in [9.17, 15) is 0 Å². The zero-order chi connectivity index (χ0) is 13.8. The summed E-state index contributed by atoms with van der Waals surface area (Å²) in [5, 5.41) is 12.9. The Labute approximate surface area is 118 Å². The summed E-state index contributed by atoms with van der Waals surface area (Å²) in [6.45, 7) is 1.90. The van der Waals surface area contributed by atoms with Gasteiger partial charge in [0, 0.05) is 24.2 Å². The Morgan fingerprint density at radius 1 is 1.37 bits per heavy atom. The Kier molecular flexibility index (Phi) is 4.18. The lowest BCUT2D eigenvalue weighted by molar-refractivity contribution is 0.318. The van der Waals surface area contributed by atoms with Crippen LogP contribution in [0.25, 0.3) is 0 Å². The number of nitrogens with zero attached hydrogens (tertiary/aromatic N) is 4. The van der Waals surface area contributed by atoms with Crippen LogP contribution in [0.3, 0.4) is 0 Å². The van der Waals surface area contributed by atoms with E-state index in [1.807, 2.05) is 6.92 Å². The molecule has 0 saturated carbocycles. The molecular weight excluding hydrogens is 286 g/mol. The zero-order valence-corrected chi connectivity index (χ0v) is 11.5. The van der Waals surface area contributed by atoms with Crippen LogP contribution in [0.1, 0.15) is 11.1 Å². The summed E-state index contributed by atoms with van der Waals surface area (Å²) in [5.41, 5.74) is 6.90. The minimum Gasteiger partial charge on any atom is -0.409 e. The smallest absolute Gasteiger partial charge is 0.193 e. The summed E-state index contributed by atoms with van der Waals surface area (Å²) >= 11 is 7.36. The van der Waals surface area contributed by atoms with Crippen molar-refractivity contribution in [1.82, 2.24) is 15.0 Å². The van der Waals surface area contributed by atoms with Crippen LogP contribution in [-0.4, -0.2) is 26.0 Å². The maximum Gasteiger partial charge on any atom is 0.193 e. The van der Waals surface area contributed by atoms with Crippen molar-refractivity contribution < 1.29 is 5.21 Å². The fourth-order valence-corrected chi connectivity index (χ4v) is 2.29. The molecule has 0 spiro atoms. The first-order chi connectivity index (χ1) is 9.11. The number of amidine groups is 1. The Hall–Kier alpha value is -1.86. The van der Waals surface area contributed by atoms with E-state index in [0.717, 1.165) is 5.56 Å². The first-order valence-corrected chi connectivity index (χ1v) is 6.40. The van der Waals surface area contributed by atoms with Gasteiger partial charge in [-0.3, -0.25) is 0 Å². The SMILES string of the molecule is Cc1cnc(Sc2nccc(/C(N)=N/O)c2Cl)nc1.